The van der Waals surface area contributed by atoms with Crippen molar-refractivity contribution < 1.29 is 0 Å². The Kier molecular flexibility index (Phi) is 4.66. The lowest BCUT2D eigenvalue weighted by Crippen LogP contribution is -1.97. The van der Waals surface area contributed by atoms with Gasteiger partial charge in [0, 0.05) is 17.1 Å². The fourth-order valence-electron chi connectivity index (χ4n) is 2.47. The lowest BCUT2D eigenvalue weighted by Gasteiger charge is -2.01. The number of benzene rings is 1. The molecule has 0 aliphatic rings. The average Bonchev–Trinajstić information content (AvgIpc) is 2.79. The summed E-state index contributed by atoms with van der Waals surface area (Å²) in [7, 11) is 0. The highest BCUT2D eigenvalue weighted by Crippen LogP contribution is 2.20. The molecule has 0 bridgehead atoms. The number of fused-ring (bicyclic) bond motifs is 1. The number of allylic oxidation sites excluding steroid dienone is 3. The lowest BCUT2D eigenvalue weighted by molar-refractivity contribution is 1.41. The van der Waals surface area contributed by atoms with Crippen LogP contribution in [0.25, 0.3) is 28.1 Å². The smallest absolute Gasteiger partial charge is 0.188 e. The number of hydrogen-bond donors (Lipinski definition) is 0. The Hall–Kier alpha value is -3.00. The zero-order valence-corrected chi connectivity index (χ0v) is 13.9. The van der Waals surface area contributed by atoms with E-state index in [0.29, 0.717) is 10.9 Å². The van der Waals surface area contributed by atoms with E-state index < -0.39 is 0 Å². The normalized spacial score (nSPS) is 12.0. The summed E-state index contributed by atoms with van der Waals surface area (Å²) in [5.41, 5.74) is 4.73. The second-order valence-corrected chi connectivity index (χ2v) is 5.73. The molecule has 0 N–H and O–H groups in total. The largest absolute Gasteiger partial charge is 0.289 e. The molecule has 0 radical (unpaired) electrons. The summed E-state index contributed by atoms with van der Waals surface area (Å²) in [6, 6.07) is 17.4. The minimum absolute atomic E-state index is 0.0157. The van der Waals surface area contributed by atoms with E-state index in [1.807, 2.05) is 86.8 Å². The summed E-state index contributed by atoms with van der Waals surface area (Å²) < 4.78 is 0. The van der Waals surface area contributed by atoms with Crippen molar-refractivity contribution >= 4 is 17.0 Å². The van der Waals surface area contributed by atoms with Gasteiger partial charge in [0.15, 0.2) is 5.43 Å². The summed E-state index contributed by atoms with van der Waals surface area (Å²) in [5.74, 6) is 0. The predicted octanol–water partition coefficient (Wildman–Crippen LogP) is 5.24. The molecular formula is C22H19NO. The van der Waals surface area contributed by atoms with Gasteiger partial charge < -0.3 is 0 Å². The van der Waals surface area contributed by atoms with E-state index in [9.17, 15) is 4.79 Å². The Labute approximate surface area is 141 Å². The molecule has 0 fully saturated rings. The first-order chi connectivity index (χ1) is 11.7. The van der Waals surface area contributed by atoms with Crippen molar-refractivity contribution in [3.05, 3.63) is 94.3 Å². The lowest BCUT2D eigenvalue weighted by atomic mass is 10.1. The van der Waals surface area contributed by atoms with Crippen molar-refractivity contribution in [1.29, 1.82) is 0 Å². The van der Waals surface area contributed by atoms with Gasteiger partial charge >= 0.3 is 0 Å². The van der Waals surface area contributed by atoms with Gasteiger partial charge in [0.05, 0.1) is 5.52 Å². The Morgan fingerprint density at radius 1 is 1.00 bits per heavy atom. The number of hydrogen-bond acceptors (Lipinski definition) is 2. The van der Waals surface area contributed by atoms with Gasteiger partial charge in [-0.05, 0) is 43.2 Å². The van der Waals surface area contributed by atoms with Gasteiger partial charge in [-0.2, -0.15) is 0 Å². The van der Waals surface area contributed by atoms with Gasteiger partial charge in [-0.1, -0.05) is 60.2 Å². The van der Waals surface area contributed by atoms with Crippen molar-refractivity contribution in [2.75, 3.05) is 0 Å². The Morgan fingerprint density at radius 2 is 1.79 bits per heavy atom. The minimum Gasteiger partial charge on any atom is -0.289 e. The van der Waals surface area contributed by atoms with Crippen LogP contribution in [0.3, 0.4) is 0 Å². The first kappa shape index (κ1) is 15.9. The Bertz CT molecular complexity index is 985. The van der Waals surface area contributed by atoms with E-state index in [0.717, 1.165) is 22.3 Å². The third kappa shape index (κ3) is 3.49. The summed E-state index contributed by atoms with van der Waals surface area (Å²) in [4.78, 5) is 17.1. The number of nitrogens with zero attached hydrogens (tertiary/aromatic N) is 1. The molecule has 2 heteroatoms. The minimum atomic E-state index is -0.0157. The molecule has 24 heavy (non-hydrogen) atoms. The van der Waals surface area contributed by atoms with E-state index in [4.69, 9.17) is 0 Å². The third-order valence-electron chi connectivity index (χ3n) is 4.02. The number of aromatic nitrogens is 1. The molecule has 0 saturated heterocycles. The van der Waals surface area contributed by atoms with Crippen LogP contribution in [0.4, 0.5) is 0 Å². The van der Waals surface area contributed by atoms with E-state index in [1.165, 1.54) is 0 Å². The van der Waals surface area contributed by atoms with Crippen LogP contribution in [0.15, 0.2) is 83.3 Å². The first-order valence-corrected chi connectivity index (χ1v) is 7.98. The van der Waals surface area contributed by atoms with Crippen LogP contribution >= 0.6 is 0 Å². The molecule has 0 atom stereocenters. The zero-order valence-electron chi connectivity index (χ0n) is 13.9. The molecule has 1 aromatic heterocycles. The van der Waals surface area contributed by atoms with Crippen molar-refractivity contribution in [2.45, 2.75) is 13.8 Å². The van der Waals surface area contributed by atoms with Crippen molar-refractivity contribution in [2.24, 2.45) is 0 Å². The molecular weight excluding hydrogens is 294 g/mol. The van der Waals surface area contributed by atoms with Crippen LogP contribution < -0.4 is 5.43 Å². The fraction of sp³-hybridized carbons (Fsp3) is 0.0909. The number of rotatable bonds is 3. The van der Waals surface area contributed by atoms with Crippen LogP contribution in [0.2, 0.25) is 0 Å². The summed E-state index contributed by atoms with van der Waals surface area (Å²) >= 11 is 0. The molecule has 0 aliphatic carbocycles. The molecule has 3 rings (SSSR count). The van der Waals surface area contributed by atoms with Crippen molar-refractivity contribution in [1.82, 2.24) is 4.98 Å². The predicted molar refractivity (Wildman–Crippen MR) is 102 cm³/mol. The van der Waals surface area contributed by atoms with Crippen LogP contribution in [0.1, 0.15) is 19.4 Å². The Morgan fingerprint density at radius 3 is 2.54 bits per heavy atom. The molecule has 118 valence electrons. The van der Waals surface area contributed by atoms with Crippen molar-refractivity contribution in [3.63, 3.8) is 0 Å². The van der Waals surface area contributed by atoms with Crippen LogP contribution in [0, 0.1) is 0 Å². The van der Waals surface area contributed by atoms with E-state index >= 15 is 0 Å². The molecule has 3 aromatic rings. The summed E-state index contributed by atoms with van der Waals surface area (Å²) in [6.45, 7) is 4.02. The quantitative estimate of drug-likeness (QED) is 0.619. The van der Waals surface area contributed by atoms with Gasteiger partial charge in [0.25, 0.3) is 0 Å². The third-order valence-corrected chi connectivity index (χ3v) is 4.02. The summed E-state index contributed by atoms with van der Waals surface area (Å²) in [6.07, 6.45) is 7.80. The van der Waals surface area contributed by atoms with Crippen LogP contribution in [-0.2, 0) is 0 Å². The molecule has 2 nitrogen and oxygen atoms in total. The van der Waals surface area contributed by atoms with Crippen LogP contribution in [-0.4, -0.2) is 4.98 Å². The average molecular weight is 313 g/mol. The standard InChI is InChI=1S/C22H19NO/c1-3-16(2)9-10-17-11-12-21-20(22(24)13-17)14-19(15-23-21)18-7-5-4-6-8-18/h3-15H,1-2H3/b10-9-,16-3-. The maximum Gasteiger partial charge on any atom is 0.188 e. The highest BCUT2D eigenvalue weighted by molar-refractivity contribution is 5.83. The second-order valence-electron chi connectivity index (χ2n) is 5.73. The molecule has 0 saturated carbocycles. The van der Waals surface area contributed by atoms with E-state index in [1.54, 1.807) is 6.07 Å². The van der Waals surface area contributed by atoms with Gasteiger partial charge in [-0.15, -0.1) is 0 Å². The second kappa shape index (κ2) is 7.05. The van der Waals surface area contributed by atoms with Gasteiger partial charge in [0.2, 0.25) is 0 Å². The summed E-state index contributed by atoms with van der Waals surface area (Å²) in [5, 5.41) is 0.638. The molecule has 2 aromatic carbocycles. The van der Waals surface area contributed by atoms with E-state index in [2.05, 4.69) is 4.98 Å². The highest BCUT2D eigenvalue weighted by atomic mass is 16.1. The Balaban J connectivity index is 2.12. The molecule has 1 heterocycles. The topological polar surface area (TPSA) is 30.0 Å². The first-order valence-electron chi connectivity index (χ1n) is 7.98. The van der Waals surface area contributed by atoms with Gasteiger partial charge in [-0.25, -0.2) is 0 Å². The van der Waals surface area contributed by atoms with Gasteiger partial charge in [0.1, 0.15) is 0 Å². The number of pyridine rings is 1. The van der Waals surface area contributed by atoms with Crippen molar-refractivity contribution in [3.8, 4) is 11.1 Å². The highest BCUT2D eigenvalue weighted by Gasteiger charge is 2.03. The van der Waals surface area contributed by atoms with Crippen LogP contribution in [0.5, 0.6) is 0 Å². The maximum absolute atomic E-state index is 12.6. The zero-order chi connectivity index (χ0) is 16.9. The molecule has 0 spiro atoms. The molecule has 0 amide bonds. The fourth-order valence-corrected chi connectivity index (χ4v) is 2.47. The molecule has 0 aliphatic heterocycles. The SMILES string of the molecule is C/C=C(C)\C=C/c1ccc2ncc(-c3ccccc3)cc2c(=O)c1. The van der Waals surface area contributed by atoms with E-state index in [-0.39, 0.29) is 5.43 Å². The van der Waals surface area contributed by atoms with Gasteiger partial charge in [-0.3, -0.25) is 9.78 Å². The molecule has 0 unspecified atom stereocenters. The maximum atomic E-state index is 12.6. The monoisotopic (exact) mass is 313 g/mol.